The zero-order valence-corrected chi connectivity index (χ0v) is 21.3. The second-order valence-electron chi connectivity index (χ2n) is 9.72. The molecule has 38 heavy (non-hydrogen) atoms. The Kier molecular flexibility index (Phi) is 7.78. The third-order valence-corrected chi connectivity index (χ3v) is 7.16. The van der Waals surface area contributed by atoms with E-state index in [1.54, 1.807) is 21.5 Å². The molecule has 2 aliphatic rings. The fourth-order valence-electron chi connectivity index (χ4n) is 5.27. The highest BCUT2D eigenvalue weighted by Gasteiger charge is 2.35. The van der Waals surface area contributed by atoms with Crippen molar-refractivity contribution in [2.75, 3.05) is 13.2 Å². The van der Waals surface area contributed by atoms with Crippen LogP contribution in [0.3, 0.4) is 0 Å². The molecule has 0 unspecified atom stereocenters. The molecule has 3 N–H and O–H groups in total. The van der Waals surface area contributed by atoms with E-state index in [0.717, 1.165) is 22.5 Å². The summed E-state index contributed by atoms with van der Waals surface area (Å²) in [7, 11) is 1.82. The molecule has 1 aromatic heterocycles. The predicted molar refractivity (Wildman–Crippen MR) is 141 cm³/mol. The number of allylic oxidation sites excluding steroid dienone is 1. The van der Waals surface area contributed by atoms with Crippen LogP contribution in [0.2, 0.25) is 0 Å². The van der Waals surface area contributed by atoms with Gasteiger partial charge < -0.3 is 25.0 Å². The highest BCUT2D eigenvalue weighted by Crippen LogP contribution is 2.34. The second-order valence-corrected chi connectivity index (χ2v) is 9.72. The minimum Gasteiger partial charge on any atom is -0.459 e. The van der Waals surface area contributed by atoms with E-state index in [1.807, 2.05) is 61.6 Å². The van der Waals surface area contributed by atoms with Crippen LogP contribution in [0.1, 0.15) is 48.0 Å². The summed E-state index contributed by atoms with van der Waals surface area (Å²) in [6, 6.07) is 18.1. The van der Waals surface area contributed by atoms with Crippen molar-refractivity contribution >= 4 is 5.91 Å². The van der Waals surface area contributed by atoms with Gasteiger partial charge in [0.05, 0.1) is 24.4 Å². The Morgan fingerprint density at radius 2 is 1.89 bits per heavy atom. The zero-order chi connectivity index (χ0) is 26.6. The lowest BCUT2D eigenvalue weighted by Crippen LogP contribution is -2.38. The Morgan fingerprint density at radius 3 is 2.68 bits per heavy atom. The van der Waals surface area contributed by atoms with Crippen molar-refractivity contribution in [1.29, 1.82) is 0 Å². The molecule has 0 bridgehead atoms. The quantitative estimate of drug-likeness (QED) is 0.374. The van der Waals surface area contributed by atoms with Crippen LogP contribution in [0.15, 0.2) is 77.3 Å². The number of unbranched alkanes of at least 4 members (excludes halogenated alkanes) is 1. The van der Waals surface area contributed by atoms with Crippen molar-refractivity contribution in [3.63, 3.8) is 0 Å². The highest BCUT2D eigenvalue weighted by atomic mass is 16.7. The molecule has 0 radical (unpaired) electrons. The van der Waals surface area contributed by atoms with Gasteiger partial charge in [0.25, 0.3) is 11.5 Å². The van der Waals surface area contributed by atoms with Crippen LogP contribution in [0.4, 0.5) is 0 Å². The number of aliphatic hydroxyl groups is 2. The maximum atomic E-state index is 13.4. The Balaban J connectivity index is 1.42. The van der Waals surface area contributed by atoms with Gasteiger partial charge in [0.15, 0.2) is 5.76 Å². The van der Waals surface area contributed by atoms with Gasteiger partial charge in [-0.25, -0.2) is 4.68 Å². The number of rotatable bonds is 9. The van der Waals surface area contributed by atoms with Gasteiger partial charge in [0, 0.05) is 44.2 Å². The molecule has 1 aliphatic heterocycles. The van der Waals surface area contributed by atoms with Crippen LogP contribution in [0.25, 0.3) is 5.69 Å². The summed E-state index contributed by atoms with van der Waals surface area (Å²) in [5, 5.41) is 22.6. The second kappa shape index (κ2) is 11.4. The summed E-state index contributed by atoms with van der Waals surface area (Å²) in [6.07, 6.45) is 2.42. The molecule has 9 heteroatoms. The summed E-state index contributed by atoms with van der Waals surface area (Å²) >= 11 is 0. The van der Waals surface area contributed by atoms with Crippen molar-refractivity contribution in [3.8, 4) is 5.69 Å². The molecule has 0 saturated heterocycles. The minimum absolute atomic E-state index is 0.0748. The number of nitrogens with zero attached hydrogens (tertiary/aromatic N) is 2. The van der Waals surface area contributed by atoms with Crippen molar-refractivity contribution in [2.24, 2.45) is 7.05 Å². The molecule has 5 rings (SSSR count). The van der Waals surface area contributed by atoms with Gasteiger partial charge in [-0.15, -0.1) is 0 Å². The number of benzene rings is 2. The third kappa shape index (κ3) is 5.31. The number of carbonyl (C=O) groups excluding carboxylic acids is 1. The number of amides is 1. The van der Waals surface area contributed by atoms with Crippen LogP contribution in [-0.2, 0) is 27.7 Å². The van der Waals surface area contributed by atoms with Crippen molar-refractivity contribution < 1.29 is 24.5 Å². The number of carbonyl (C=O) groups is 1. The van der Waals surface area contributed by atoms with E-state index in [9.17, 15) is 14.7 Å². The Morgan fingerprint density at radius 1 is 1.13 bits per heavy atom. The predicted octanol–water partition coefficient (Wildman–Crippen LogP) is 2.45. The first kappa shape index (κ1) is 26.0. The number of fused-ring (bicyclic) bond motifs is 1. The topological polar surface area (TPSA) is 115 Å². The van der Waals surface area contributed by atoms with Gasteiger partial charge in [-0.05, 0) is 42.2 Å². The molecule has 4 atom stereocenters. The molecule has 9 nitrogen and oxygen atoms in total. The summed E-state index contributed by atoms with van der Waals surface area (Å²) in [6.45, 7) is 0.441. The first-order valence-electron chi connectivity index (χ1n) is 13.0. The molecule has 0 fully saturated rings. The van der Waals surface area contributed by atoms with Crippen molar-refractivity contribution in [2.45, 2.75) is 50.0 Å². The maximum absolute atomic E-state index is 13.4. The molecule has 1 amide bonds. The standard InChI is InChI=1S/C29H33N3O6/c1-31-23(18-26(35)32(31)21-10-3-2-4-11-21)20-16-25(38-27(17-20)37-14-8-7-13-33)29(36)30-28-22-12-6-5-9-19(22)15-24(28)34/h2-6,9-12,16,18,20,24,27-28,33-34H,7-8,13-15,17H2,1H3,(H,30,36)/t20-,24-,27+,28+/m1/s1. The number of nitrogens with one attached hydrogen (secondary N) is 1. The van der Waals surface area contributed by atoms with Gasteiger partial charge in [0.2, 0.25) is 6.29 Å². The Labute approximate surface area is 220 Å². The smallest absolute Gasteiger partial charge is 0.286 e. The molecule has 200 valence electrons. The first-order chi connectivity index (χ1) is 18.5. The van der Waals surface area contributed by atoms with Crippen LogP contribution < -0.4 is 10.9 Å². The largest absolute Gasteiger partial charge is 0.459 e. The third-order valence-electron chi connectivity index (χ3n) is 7.16. The fraction of sp³-hybridized carbons (Fsp3) is 0.379. The summed E-state index contributed by atoms with van der Waals surface area (Å²) in [5.41, 5.74) is 3.18. The summed E-state index contributed by atoms with van der Waals surface area (Å²) in [4.78, 5) is 26.4. The van der Waals surface area contributed by atoms with Crippen LogP contribution in [0.5, 0.6) is 0 Å². The average Bonchev–Trinajstić information content (AvgIpc) is 3.41. The van der Waals surface area contributed by atoms with Crippen molar-refractivity contribution in [3.05, 3.63) is 99.7 Å². The normalized spacial score (nSPS) is 22.4. The molecule has 2 heterocycles. The van der Waals surface area contributed by atoms with E-state index in [2.05, 4.69) is 5.32 Å². The lowest BCUT2D eigenvalue weighted by Gasteiger charge is -2.30. The SMILES string of the molecule is Cn1c([C@@H]2C=C(C(=O)N[C@H]3c4ccccc4C[C@H]3O)O[C@H](OCCCCO)C2)cc(=O)n1-c1ccccc1. The van der Waals surface area contributed by atoms with E-state index in [-0.39, 0.29) is 23.8 Å². The maximum Gasteiger partial charge on any atom is 0.286 e. The minimum atomic E-state index is -0.734. The van der Waals surface area contributed by atoms with Crippen LogP contribution in [0, 0.1) is 0 Å². The van der Waals surface area contributed by atoms with E-state index in [0.29, 0.717) is 32.3 Å². The van der Waals surface area contributed by atoms with Gasteiger partial charge in [-0.3, -0.25) is 14.3 Å². The first-order valence-corrected chi connectivity index (χ1v) is 13.0. The molecular weight excluding hydrogens is 486 g/mol. The van der Waals surface area contributed by atoms with Gasteiger partial charge in [-0.1, -0.05) is 42.5 Å². The summed E-state index contributed by atoms with van der Waals surface area (Å²) < 4.78 is 15.3. The summed E-state index contributed by atoms with van der Waals surface area (Å²) in [5.74, 6) is -0.687. The lowest BCUT2D eigenvalue weighted by molar-refractivity contribution is -0.147. The highest BCUT2D eigenvalue weighted by molar-refractivity contribution is 5.92. The van der Waals surface area contributed by atoms with Gasteiger partial charge >= 0.3 is 0 Å². The molecule has 0 saturated carbocycles. The van der Waals surface area contributed by atoms with E-state index < -0.39 is 24.3 Å². The van der Waals surface area contributed by atoms with Crippen LogP contribution in [-0.4, -0.2) is 51.1 Å². The number of ether oxygens (including phenoxy) is 2. The Bertz CT molecular complexity index is 1360. The zero-order valence-electron chi connectivity index (χ0n) is 21.3. The molecule has 0 spiro atoms. The molecule has 3 aromatic rings. The molecule has 1 aliphatic carbocycles. The Hall–Kier alpha value is -3.66. The number of hydrogen-bond acceptors (Lipinski definition) is 6. The monoisotopic (exact) mass is 519 g/mol. The van der Waals surface area contributed by atoms with Gasteiger partial charge in [0.1, 0.15) is 0 Å². The number of aromatic nitrogens is 2. The number of hydrogen-bond donors (Lipinski definition) is 3. The lowest BCUT2D eigenvalue weighted by atomic mass is 9.97. The van der Waals surface area contributed by atoms with E-state index >= 15 is 0 Å². The van der Waals surface area contributed by atoms with E-state index in [1.165, 1.54) is 0 Å². The molecule has 2 aromatic carbocycles. The van der Waals surface area contributed by atoms with E-state index in [4.69, 9.17) is 14.6 Å². The number of aliphatic hydroxyl groups excluding tert-OH is 2. The molecular formula is C29H33N3O6. The van der Waals surface area contributed by atoms with Gasteiger partial charge in [-0.2, -0.15) is 0 Å². The number of para-hydroxylation sites is 1. The van der Waals surface area contributed by atoms with Crippen molar-refractivity contribution in [1.82, 2.24) is 14.7 Å². The fourth-order valence-corrected chi connectivity index (χ4v) is 5.27. The van der Waals surface area contributed by atoms with Crippen LogP contribution >= 0.6 is 0 Å². The average molecular weight is 520 g/mol.